The van der Waals surface area contributed by atoms with Crippen LogP contribution in [0.3, 0.4) is 0 Å². The fraction of sp³-hybridized carbons (Fsp3) is 0.909. The van der Waals surface area contributed by atoms with Crippen LogP contribution in [0.1, 0.15) is 25.7 Å². The van der Waals surface area contributed by atoms with Crippen molar-refractivity contribution in [1.82, 2.24) is 4.90 Å². The van der Waals surface area contributed by atoms with Crippen molar-refractivity contribution in [3.63, 3.8) is 0 Å². The summed E-state index contributed by atoms with van der Waals surface area (Å²) >= 11 is 0. The molecule has 5 nitrogen and oxygen atoms in total. The first-order valence-electron chi connectivity index (χ1n) is 5.92. The second kappa shape index (κ2) is 4.57. The Morgan fingerprint density at radius 1 is 1.29 bits per heavy atom. The topological polar surface area (TPSA) is 63.7 Å². The number of hydrogen-bond donors (Lipinski definition) is 0. The number of amides is 1. The molecule has 17 heavy (non-hydrogen) atoms. The summed E-state index contributed by atoms with van der Waals surface area (Å²) < 4.78 is 28.0. The van der Waals surface area contributed by atoms with Crippen LogP contribution in [0.4, 0.5) is 0 Å². The van der Waals surface area contributed by atoms with E-state index in [2.05, 4.69) is 0 Å². The summed E-state index contributed by atoms with van der Waals surface area (Å²) in [4.78, 5) is 13.7. The van der Waals surface area contributed by atoms with Gasteiger partial charge in [-0.2, -0.15) is 0 Å². The molecule has 2 bridgehead atoms. The van der Waals surface area contributed by atoms with Crippen molar-refractivity contribution in [2.45, 2.75) is 43.0 Å². The first kappa shape index (κ1) is 12.8. The molecule has 2 aliphatic rings. The second-order valence-corrected chi connectivity index (χ2v) is 7.37. The fourth-order valence-electron chi connectivity index (χ4n) is 3.08. The molecular formula is C11H19NO4S. The quantitative estimate of drug-likeness (QED) is 0.728. The molecule has 2 aliphatic heterocycles. The number of carbonyl (C=O) groups excluding carboxylic acids is 1. The van der Waals surface area contributed by atoms with Crippen LogP contribution in [0.25, 0.3) is 0 Å². The van der Waals surface area contributed by atoms with Gasteiger partial charge in [0.1, 0.15) is 16.4 Å². The molecule has 98 valence electrons. The predicted octanol–water partition coefficient (Wildman–Crippen LogP) is 0.199. The lowest BCUT2D eigenvalue weighted by Gasteiger charge is -2.38. The summed E-state index contributed by atoms with van der Waals surface area (Å²) in [6.45, 7) is 0.0938. The highest BCUT2D eigenvalue weighted by Crippen LogP contribution is 2.38. The van der Waals surface area contributed by atoms with Crippen molar-refractivity contribution < 1.29 is 17.9 Å². The van der Waals surface area contributed by atoms with E-state index in [4.69, 9.17) is 4.74 Å². The van der Waals surface area contributed by atoms with Crippen LogP contribution in [-0.4, -0.2) is 56.5 Å². The van der Waals surface area contributed by atoms with Crippen molar-refractivity contribution in [2.75, 3.05) is 20.0 Å². The molecule has 2 saturated heterocycles. The summed E-state index contributed by atoms with van der Waals surface area (Å²) in [5, 5.41) is -0.272. The largest absolute Gasteiger partial charge is 0.375 e. The van der Waals surface area contributed by atoms with Crippen molar-refractivity contribution in [3.05, 3.63) is 0 Å². The second-order valence-electron chi connectivity index (χ2n) is 5.04. The number of nitrogens with zero attached hydrogens (tertiary/aromatic N) is 1. The standard InChI is InChI=1S/C11H19NO4S/c1-16-7-11(13)12-8-3-4-9(12)6-10(5-8)17(2,14)15/h8-10H,3-7H2,1-2H3. The highest BCUT2D eigenvalue weighted by Gasteiger charge is 2.45. The normalized spacial score (nSPS) is 32.8. The molecule has 0 radical (unpaired) electrons. The maximum atomic E-state index is 11.9. The number of rotatable bonds is 3. The van der Waals surface area contributed by atoms with Crippen LogP contribution in [0.5, 0.6) is 0 Å². The summed E-state index contributed by atoms with van der Waals surface area (Å²) in [7, 11) is -1.48. The monoisotopic (exact) mass is 261 g/mol. The molecule has 2 heterocycles. The van der Waals surface area contributed by atoms with Gasteiger partial charge in [0, 0.05) is 25.4 Å². The van der Waals surface area contributed by atoms with Crippen molar-refractivity contribution in [3.8, 4) is 0 Å². The van der Waals surface area contributed by atoms with Crippen LogP contribution in [-0.2, 0) is 19.4 Å². The van der Waals surface area contributed by atoms with Gasteiger partial charge in [-0.1, -0.05) is 0 Å². The lowest BCUT2D eigenvalue weighted by atomic mass is 10.0. The lowest BCUT2D eigenvalue weighted by molar-refractivity contribution is -0.139. The van der Waals surface area contributed by atoms with E-state index in [9.17, 15) is 13.2 Å². The molecular weight excluding hydrogens is 242 g/mol. The number of sulfone groups is 1. The van der Waals surface area contributed by atoms with Crippen molar-refractivity contribution in [1.29, 1.82) is 0 Å². The zero-order chi connectivity index (χ0) is 12.6. The summed E-state index contributed by atoms with van der Waals surface area (Å²) in [6.07, 6.45) is 4.32. The number of carbonyl (C=O) groups is 1. The Bertz CT molecular complexity index is 392. The summed E-state index contributed by atoms with van der Waals surface area (Å²) in [5.74, 6) is -0.00745. The van der Waals surface area contributed by atoms with Crippen LogP contribution in [0.15, 0.2) is 0 Å². The maximum absolute atomic E-state index is 11.9. The number of piperidine rings is 1. The van der Waals surface area contributed by atoms with E-state index < -0.39 is 9.84 Å². The third-order valence-corrected chi connectivity index (χ3v) is 5.45. The van der Waals surface area contributed by atoms with Gasteiger partial charge in [-0.3, -0.25) is 4.79 Å². The molecule has 2 fully saturated rings. The summed E-state index contributed by atoms with van der Waals surface area (Å²) in [5.41, 5.74) is 0. The molecule has 0 aromatic rings. The Balaban J connectivity index is 2.10. The Labute approximate surface area is 102 Å². The van der Waals surface area contributed by atoms with Gasteiger partial charge >= 0.3 is 0 Å². The van der Waals surface area contributed by atoms with E-state index in [1.54, 1.807) is 0 Å². The van der Waals surface area contributed by atoms with E-state index >= 15 is 0 Å². The molecule has 0 aromatic heterocycles. The number of fused-ring (bicyclic) bond motifs is 2. The molecule has 2 rings (SSSR count). The van der Waals surface area contributed by atoms with Crippen molar-refractivity contribution >= 4 is 15.7 Å². The summed E-state index contributed by atoms with van der Waals surface area (Å²) in [6, 6.07) is 0.187. The Morgan fingerprint density at radius 2 is 1.82 bits per heavy atom. The Morgan fingerprint density at radius 3 is 2.24 bits per heavy atom. The number of hydrogen-bond acceptors (Lipinski definition) is 4. The highest BCUT2D eigenvalue weighted by atomic mass is 32.2. The van der Waals surface area contributed by atoms with Gasteiger partial charge < -0.3 is 9.64 Å². The van der Waals surface area contributed by atoms with Gasteiger partial charge in [-0.05, 0) is 25.7 Å². The molecule has 0 aromatic carbocycles. The molecule has 0 spiro atoms. The van der Waals surface area contributed by atoms with E-state index in [0.717, 1.165) is 12.8 Å². The first-order chi connectivity index (χ1) is 7.93. The Kier molecular flexibility index (Phi) is 3.45. The van der Waals surface area contributed by atoms with Crippen molar-refractivity contribution in [2.24, 2.45) is 0 Å². The minimum Gasteiger partial charge on any atom is -0.375 e. The minimum atomic E-state index is -2.98. The van der Waals surface area contributed by atoms with Crippen LogP contribution in [0.2, 0.25) is 0 Å². The highest BCUT2D eigenvalue weighted by molar-refractivity contribution is 7.91. The zero-order valence-electron chi connectivity index (χ0n) is 10.3. The first-order valence-corrected chi connectivity index (χ1v) is 7.88. The zero-order valence-corrected chi connectivity index (χ0v) is 11.1. The van der Waals surface area contributed by atoms with E-state index in [-0.39, 0.29) is 29.8 Å². The van der Waals surface area contributed by atoms with E-state index in [0.29, 0.717) is 12.8 Å². The number of methoxy groups -OCH3 is 1. The lowest BCUT2D eigenvalue weighted by Crippen LogP contribution is -2.50. The molecule has 6 heteroatoms. The fourth-order valence-corrected chi connectivity index (χ4v) is 4.23. The van der Waals surface area contributed by atoms with Crippen LogP contribution >= 0.6 is 0 Å². The Hall–Kier alpha value is -0.620. The third-order valence-electron chi connectivity index (χ3n) is 3.85. The number of ether oxygens (including phenoxy) is 1. The third kappa shape index (κ3) is 2.47. The SMILES string of the molecule is COCC(=O)N1C2CCC1CC(S(C)(=O)=O)C2. The molecule has 0 aliphatic carbocycles. The van der Waals surface area contributed by atoms with Gasteiger partial charge in [0.25, 0.3) is 0 Å². The predicted molar refractivity (Wildman–Crippen MR) is 63.4 cm³/mol. The van der Waals surface area contributed by atoms with Crippen LogP contribution in [0, 0.1) is 0 Å². The van der Waals surface area contributed by atoms with Gasteiger partial charge in [0.05, 0.1) is 5.25 Å². The van der Waals surface area contributed by atoms with E-state index in [1.807, 2.05) is 4.90 Å². The van der Waals surface area contributed by atoms with Gasteiger partial charge in [0.2, 0.25) is 5.91 Å². The average molecular weight is 261 g/mol. The average Bonchev–Trinajstić information content (AvgIpc) is 2.48. The van der Waals surface area contributed by atoms with E-state index in [1.165, 1.54) is 13.4 Å². The molecule has 2 unspecified atom stereocenters. The minimum absolute atomic E-state index is 0.00745. The molecule has 1 amide bonds. The van der Waals surface area contributed by atoms with Gasteiger partial charge in [0.15, 0.2) is 0 Å². The maximum Gasteiger partial charge on any atom is 0.249 e. The van der Waals surface area contributed by atoms with Crippen LogP contribution < -0.4 is 0 Å². The molecule has 0 saturated carbocycles. The molecule has 2 atom stereocenters. The van der Waals surface area contributed by atoms with Gasteiger partial charge in [-0.25, -0.2) is 8.42 Å². The van der Waals surface area contributed by atoms with Gasteiger partial charge in [-0.15, -0.1) is 0 Å². The molecule has 0 N–H and O–H groups in total. The smallest absolute Gasteiger partial charge is 0.249 e.